The van der Waals surface area contributed by atoms with Crippen molar-refractivity contribution >= 4 is 17.8 Å². The lowest BCUT2D eigenvalue weighted by Crippen LogP contribution is -2.60. The van der Waals surface area contributed by atoms with Gasteiger partial charge in [-0.15, -0.1) is 0 Å². The fraction of sp³-hybridized carbons (Fsp3) is 0.400. The van der Waals surface area contributed by atoms with E-state index in [0.717, 1.165) is 5.56 Å². The van der Waals surface area contributed by atoms with E-state index < -0.39 is 23.5 Å². The molecule has 33 heavy (non-hydrogen) atoms. The normalized spacial score (nSPS) is 19.7. The summed E-state index contributed by atoms with van der Waals surface area (Å²) in [6, 6.07) is 15.1. The molecule has 2 amide bonds. The Morgan fingerprint density at radius 2 is 1.76 bits per heavy atom. The summed E-state index contributed by atoms with van der Waals surface area (Å²) in [6.45, 7) is 2.49. The van der Waals surface area contributed by atoms with Gasteiger partial charge in [-0.1, -0.05) is 42.5 Å². The summed E-state index contributed by atoms with van der Waals surface area (Å²) in [5.74, 6) is -1.54. The van der Waals surface area contributed by atoms with E-state index in [-0.39, 0.29) is 30.5 Å². The van der Waals surface area contributed by atoms with Crippen molar-refractivity contribution in [2.24, 2.45) is 0 Å². The molecule has 1 N–H and O–H groups in total. The van der Waals surface area contributed by atoms with E-state index in [1.807, 2.05) is 30.3 Å². The van der Waals surface area contributed by atoms with Crippen LogP contribution >= 0.6 is 0 Å². The first-order valence-electron chi connectivity index (χ1n) is 11.3. The molecule has 8 heteroatoms. The molecule has 174 valence electrons. The van der Waals surface area contributed by atoms with Crippen LogP contribution in [0.25, 0.3) is 0 Å². The highest BCUT2D eigenvalue weighted by Crippen LogP contribution is 2.34. The Balaban J connectivity index is 1.52. The Kier molecular flexibility index (Phi) is 6.74. The summed E-state index contributed by atoms with van der Waals surface area (Å²) in [7, 11) is 0. The first kappa shape index (κ1) is 22.9. The highest BCUT2D eigenvalue weighted by molar-refractivity contribution is 5.94. The van der Waals surface area contributed by atoms with Gasteiger partial charge in [0.1, 0.15) is 12.4 Å². The zero-order valence-electron chi connectivity index (χ0n) is 18.6. The first-order valence-corrected chi connectivity index (χ1v) is 11.3. The predicted molar refractivity (Wildman–Crippen MR) is 120 cm³/mol. The number of likely N-dealkylation sites (tertiary alicyclic amines) is 1. The van der Waals surface area contributed by atoms with Gasteiger partial charge in [-0.05, 0) is 31.0 Å². The molecule has 2 heterocycles. The molecule has 4 rings (SSSR count). The van der Waals surface area contributed by atoms with Crippen molar-refractivity contribution in [3.63, 3.8) is 0 Å². The van der Waals surface area contributed by atoms with Gasteiger partial charge in [0.05, 0.1) is 23.9 Å². The Morgan fingerprint density at radius 3 is 2.42 bits per heavy atom. The van der Waals surface area contributed by atoms with Crippen molar-refractivity contribution in [3.8, 4) is 0 Å². The van der Waals surface area contributed by atoms with Gasteiger partial charge in [-0.2, -0.15) is 0 Å². The van der Waals surface area contributed by atoms with Crippen LogP contribution in [0.1, 0.15) is 35.7 Å². The van der Waals surface area contributed by atoms with Crippen LogP contribution in [0.5, 0.6) is 0 Å². The minimum atomic E-state index is -0.755. The molecule has 0 aliphatic carbocycles. The average molecular weight is 454 g/mol. The van der Waals surface area contributed by atoms with Crippen LogP contribution in [0.4, 0.5) is 4.39 Å². The van der Waals surface area contributed by atoms with Gasteiger partial charge in [-0.3, -0.25) is 19.7 Å². The third kappa shape index (κ3) is 4.75. The number of carbonyl (C=O) groups excluding carboxylic acids is 3. The van der Waals surface area contributed by atoms with Crippen molar-refractivity contribution in [3.05, 3.63) is 71.5 Å². The third-order valence-electron chi connectivity index (χ3n) is 6.38. The second-order valence-corrected chi connectivity index (χ2v) is 8.42. The number of benzene rings is 2. The number of piperidine rings is 1. The monoisotopic (exact) mass is 453 g/mol. The summed E-state index contributed by atoms with van der Waals surface area (Å²) in [6.07, 6.45) is 1.37. The number of nitrogens with one attached hydrogen (secondary N) is 1. The van der Waals surface area contributed by atoms with Crippen molar-refractivity contribution < 1.29 is 23.5 Å². The number of amides is 2. The summed E-state index contributed by atoms with van der Waals surface area (Å²) < 4.78 is 19.2. The van der Waals surface area contributed by atoms with Gasteiger partial charge in [0.2, 0.25) is 5.91 Å². The van der Waals surface area contributed by atoms with Crippen molar-refractivity contribution in [2.45, 2.75) is 37.9 Å². The first-order chi connectivity index (χ1) is 15.9. The maximum atomic E-state index is 14.1. The highest BCUT2D eigenvalue weighted by atomic mass is 19.1. The predicted octanol–water partition coefficient (Wildman–Crippen LogP) is 2.36. The van der Waals surface area contributed by atoms with Crippen molar-refractivity contribution in [1.82, 2.24) is 15.1 Å². The summed E-state index contributed by atoms with van der Waals surface area (Å²) in [4.78, 5) is 41.6. The minimum Gasteiger partial charge on any atom is -0.465 e. The maximum Gasteiger partial charge on any atom is 0.325 e. The quantitative estimate of drug-likeness (QED) is 0.680. The summed E-state index contributed by atoms with van der Waals surface area (Å²) in [5, 5.41) is 3.47. The molecule has 2 saturated heterocycles. The van der Waals surface area contributed by atoms with Gasteiger partial charge in [-0.25, -0.2) is 4.39 Å². The number of nitrogens with zero attached hydrogens (tertiary/aromatic N) is 2. The lowest BCUT2D eigenvalue weighted by atomic mass is 9.95. The molecule has 0 saturated carbocycles. The van der Waals surface area contributed by atoms with E-state index in [1.165, 1.54) is 12.1 Å². The van der Waals surface area contributed by atoms with Crippen LogP contribution < -0.4 is 5.32 Å². The number of hydrogen-bond donors (Lipinski definition) is 1. The van der Waals surface area contributed by atoms with E-state index in [1.54, 1.807) is 28.9 Å². The molecule has 1 unspecified atom stereocenters. The fourth-order valence-corrected chi connectivity index (χ4v) is 4.72. The zero-order valence-corrected chi connectivity index (χ0v) is 18.6. The number of carbonyl (C=O) groups is 3. The lowest BCUT2D eigenvalue weighted by molar-refractivity contribution is -0.151. The number of esters is 1. The highest BCUT2D eigenvalue weighted by Gasteiger charge is 2.52. The van der Waals surface area contributed by atoms with E-state index in [0.29, 0.717) is 32.4 Å². The van der Waals surface area contributed by atoms with Gasteiger partial charge in [0, 0.05) is 25.9 Å². The van der Waals surface area contributed by atoms with Crippen molar-refractivity contribution in [1.29, 1.82) is 0 Å². The standard InChI is InChI=1S/C25H28FN3O4/c1-2-33-22(30)17-29-24(32)21(16-18-8-4-3-5-9-18)27-25(29)12-14-28(15-13-25)23(31)19-10-6-7-11-20(19)26/h3-11,21,27H,2,12-17H2,1H3. The average Bonchev–Trinajstić information content (AvgIpc) is 3.05. The van der Waals surface area contributed by atoms with Crippen molar-refractivity contribution in [2.75, 3.05) is 26.2 Å². The Labute approximate surface area is 192 Å². The maximum absolute atomic E-state index is 14.1. The zero-order chi connectivity index (χ0) is 23.4. The molecule has 0 radical (unpaired) electrons. The van der Waals surface area contributed by atoms with Crippen LogP contribution in [0, 0.1) is 5.82 Å². The van der Waals surface area contributed by atoms with Crippen LogP contribution in [-0.2, 0) is 20.7 Å². The Bertz CT molecular complexity index is 1020. The van der Waals surface area contributed by atoms with Gasteiger partial charge in [0.25, 0.3) is 5.91 Å². The van der Waals surface area contributed by atoms with Crippen LogP contribution in [0.2, 0.25) is 0 Å². The molecule has 7 nitrogen and oxygen atoms in total. The molecule has 0 bridgehead atoms. The van der Waals surface area contributed by atoms with Crippen LogP contribution in [0.15, 0.2) is 54.6 Å². The molecule has 2 aliphatic rings. The molecule has 2 aromatic carbocycles. The third-order valence-corrected chi connectivity index (χ3v) is 6.38. The van der Waals surface area contributed by atoms with Gasteiger partial charge < -0.3 is 14.5 Å². The molecule has 0 aromatic heterocycles. The van der Waals surface area contributed by atoms with Gasteiger partial charge in [0.15, 0.2) is 0 Å². The lowest BCUT2D eigenvalue weighted by Gasteiger charge is -2.44. The number of hydrogen-bond acceptors (Lipinski definition) is 5. The number of ether oxygens (including phenoxy) is 1. The topological polar surface area (TPSA) is 79.0 Å². The smallest absolute Gasteiger partial charge is 0.325 e. The molecular formula is C25H28FN3O4. The van der Waals surface area contributed by atoms with E-state index in [2.05, 4.69) is 5.32 Å². The second-order valence-electron chi connectivity index (χ2n) is 8.42. The molecule has 2 aromatic rings. The van der Waals surface area contributed by atoms with E-state index in [4.69, 9.17) is 4.74 Å². The minimum absolute atomic E-state index is 0.0363. The fourth-order valence-electron chi connectivity index (χ4n) is 4.72. The number of halogens is 1. The Morgan fingerprint density at radius 1 is 1.09 bits per heavy atom. The van der Waals surface area contributed by atoms with Crippen LogP contribution in [0.3, 0.4) is 0 Å². The number of rotatable bonds is 6. The second kappa shape index (κ2) is 9.70. The van der Waals surface area contributed by atoms with E-state index in [9.17, 15) is 18.8 Å². The van der Waals surface area contributed by atoms with E-state index >= 15 is 0 Å². The molecule has 2 aliphatic heterocycles. The molecule has 2 fully saturated rings. The molecule has 1 spiro atoms. The van der Waals surface area contributed by atoms with Gasteiger partial charge >= 0.3 is 5.97 Å². The molecular weight excluding hydrogens is 425 g/mol. The Hall–Kier alpha value is -3.26. The summed E-state index contributed by atoms with van der Waals surface area (Å²) in [5.41, 5.74) is 0.299. The van der Waals surface area contributed by atoms with Crippen LogP contribution in [-0.4, -0.2) is 65.5 Å². The largest absolute Gasteiger partial charge is 0.465 e. The molecule has 1 atom stereocenters. The SMILES string of the molecule is CCOC(=O)CN1C(=O)C(Cc2ccccc2)NC12CCN(C(=O)c1ccccc1F)CC2. The summed E-state index contributed by atoms with van der Waals surface area (Å²) >= 11 is 0.